The SMILES string of the molecule is C=CC(=O)OC(C)COP(=O)(O)O.[H+]. The van der Waals surface area contributed by atoms with Gasteiger partial charge >= 0.3 is 15.2 Å². The molecular weight excluding hydrogens is 199 g/mol. The summed E-state index contributed by atoms with van der Waals surface area (Å²) < 4.78 is 18.9. The number of carbonyl (C=O) groups is 1. The van der Waals surface area contributed by atoms with Crippen LogP contribution in [0.25, 0.3) is 0 Å². The fourth-order valence-corrected chi connectivity index (χ4v) is 0.887. The Bertz CT molecular complexity index is 236. The first-order valence-electron chi connectivity index (χ1n) is 3.38. The average molecular weight is 211 g/mol. The van der Waals surface area contributed by atoms with Crippen molar-refractivity contribution >= 4 is 13.8 Å². The standard InChI is InChI=1S/C6H11O6P/c1-3-6(7)12-5(2)4-11-13(8,9)10/h3,5H,1,4H2,2H3,(H2,8,9,10)/p+1. The number of ether oxygens (including phenoxy) is 1. The van der Waals surface area contributed by atoms with Crippen molar-refractivity contribution in [1.82, 2.24) is 0 Å². The molecule has 0 rings (SSSR count). The quantitative estimate of drug-likeness (QED) is 0.386. The van der Waals surface area contributed by atoms with Gasteiger partial charge in [-0.15, -0.1) is 0 Å². The van der Waals surface area contributed by atoms with E-state index >= 15 is 0 Å². The minimum absolute atomic E-state index is 0. The Kier molecular flexibility index (Phi) is 4.87. The number of hydrogen-bond donors (Lipinski definition) is 2. The Morgan fingerprint density at radius 3 is 2.69 bits per heavy atom. The average Bonchev–Trinajstić information content (AvgIpc) is 1.99. The van der Waals surface area contributed by atoms with Gasteiger partial charge in [-0.25, -0.2) is 9.36 Å². The Balaban J connectivity index is 0. The van der Waals surface area contributed by atoms with E-state index in [0.29, 0.717) is 0 Å². The lowest BCUT2D eigenvalue weighted by molar-refractivity contribution is -0.143. The number of hydrogen-bond acceptors (Lipinski definition) is 4. The predicted molar refractivity (Wildman–Crippen MR) is 44.9 cm³/mol. The minimum atomic E-state index is -4.49. The summed E-state index contributed by atoms with van der Waals surface area (Å²) in [6.45, 7) is 4.24. The molecule has 7 heteroatoms. The van der Waals surface area contributed by atoms with Gasteiger partial charge in [0, 0.05) is 6.08 Å². The molecule has 0 aromatic heterocycles. The molecule has 1 atom stereocenters. The smallest absolute Gasteiger partial charge is 0.457 e. The monoisotopic (exact) mass is 211 g/mol. The molecule has 0 amide bonds. The highest BCUT2D eigenvalue weighted by atomic mass is 31.2. The van der Waals surface area contributed by atoms with Gasteiger partial charge in [0.15, 0.2) is 0 Å². The van der Waals surface area contributed by atoms with Gasteiger partial charge in [0.1, 0.15) is 6.10 Å². The van der Waals surface area contributed by atoms with Crippen LogP contribution in [0.5, 0.6) is 0 Å². The number of phosphoric ester groups is 1. The van der Waals surface area contributed by atoms with Crippen molar-refractivity contribution in [3.8, 4) is 0 Å². The van der Waals surface area contributed by atoms with E-state index in [2.05, 4.69) is 15.8 Å². The molecule has 0 radical (unpaired) electrons. The summed E-state index contributed by atoms with van der Waals surface area (Å²) in [7, 11) is -4.49. The van der Waals surface area contributed by atoms with Crippen LogP contribution < -0.4 is 0 Å². The lowest BCUT2D eigenvalue weighted by Gasteiger charge is -2.12. The molecule has 2 N–H and O–H groups in total. The molecule has 13 heavy (non-hydrogen) atoms. The van der Waals surface area contributed by atoms with Gasteiger partial charge in [-0.1, -0.05) is 6.58 Å². The van der Waals surface area contributed by atoms with E-state index in [0.717, 1.165) is 6.08 Å². The summed E-state index contributed by atoms with van der Waals surface area (Å²) in [5, 5.41) is 0. The van der Waals surface area contributed by atoms with E-state index in [1.54, 1.807) is 0 Å². The van der Waals surface area contributed by atoms with E-state index < -0.39 is 19.9 Å². The van der Waals surface area contributed by atoms with Crippen LogP contribution in [0.15, 0.2) is 12.7 Å². The summed E-state index contributed by atoms with van der Waals surface area (Å²) >= 11 is 0. The Hall–Kier alpha value is -0.680. The number of rotatable bonds is 5. The van der Waals surface area contributed by atoms with E-state index in [1.807, 2.05) is 0 Å². The second-order valence-electron chi connectivity index (χ2n) is 2.24. The highest BCUT2D eigenvalue weighted by molar-refractivity contribution is 7.46. The Morgan fingerprint density at radius 1 is 1.77 bits per heavy atom. The van der Waals surface area contributed by atoms with E-state index in [9.17, 15) is 9.36 Å². The predicted octanol–water partition coefficient (Wildman–Crippen LogP) is 0.326. The van der Waals surface area contributed by atoms with Gasteiger partial charge in [-0.05, 0) is 6.92 Å². The largest absolute Gasteiger partial charge is 1.00 e. The van der Waals surface area contributed by atoms with Crippen molar-refractivity contribution in [3.05, 3.63) is 12.7 Å². The van der Waals surface area contributed by atoms with Crippen molar-refractivity contribution in [2.75, 3.05) is 6.61 Å². The highest BCUT2D eigenvalue weighted by Crippen LogP contribution is 2.35. The summed E-state index contributed by atoms with van der Waals surface area (Å²) in [6.07, 6.45) is 0.228. The van der Waals surface area contributed by atoms with Crippen molar-refractivity contribution in [1.29, 1.82) is 0 Å². The number of phosphoric acid groups is 1. The van der Waals surface area contributed by atoms with Crippen LogP contribution in [0.4, 0.5) is 0 Å². The first-order valence-corrected chi connectivity index (χ1v) is 4.91. The second kappa shape index (κ2) is 5.14. The molecule has 6 nitrogen and oxygen atoms in total. The van der Waals surface area contributed by atoms with Crippen LogP contribution in [0, 0.1) is 0 Å². The molecule has 76 valence electrons. The van der Waals surface area contributed by atoms with Crippen molar-refractivity contribution < 1.29 is 29.8 Å². The normalized spacial score (nSPS) is 13.5. The van der Waals surface area contributed by atoms with Crippen LogP contribution in [0.2, 0.25) is 0 Å². The fourth-order valence-electron chi connectivity index (χ4n) is 0.482. The molecule has 0 bridgehead atoms. The third-order valence-electron chi connectivity index (χ3n) is 0.961. The van der Waals surface area contributed by atoms with Crippen LogP contribution in [-0.2, 0) is 18.6 Å². The first-order chi connectivity index (χ1) is 5.85. The molecule has 1 unspecified atom stereocenters. The molecule has 0 fully saturated rings. The molecule has 0 aliphatic carbocycles. The van der Waals surface area contributed by atoms with Crippen LogP contribution in [0.1, 0.15) is 8.35 Å². The summed E-state index contributed by atoms with van der Waals surface area (Å²) in [6, 6.07) is 0. The van der Waals surface area contributed by atoms with Crippen molar-refractivity contribution in [3.63, 3.8) is 0 Å². The molecule has 0 aliphatic rings. The molecule has 0 heterocycles. The Morgan fingerprint density at radius 2 is 2.31 bits per heavy atom. The van der Waals surface area contributed by atoms with Gasteiger partial charge in [0.2, 0.25) is 0 Å². The van der Waals surface area contributed by atoms with Crippen molar-refractivity contribution in [2.24, 2.45) is 0 Å². The topological polar surface area (TPSA) is 93.1 Å². The Labute approximate surface area is 76.9 Å². The van der Waals surface area contributed by atoms with Crippen molar-refractivity contribution in [2.45, 2.75) is 13.0 Å². The molecule has 0 aromatic rings. The summed E-state index contributed by atoms with van der Waals surface area (Å²) in [4.78, 5) is 27.1. The van der Waals surface area contributed by atoms with Gasteiger partial charge in [0.05, 0.1) is 6.61 Å². The minimum Gasteiger partial charge on any atom is -0.457 e. The molecule has 0 saturated heterocycles. The highest BCUT2D eigenvalue weighted by Gasteiger charge is 2.17. The maximum Gasteiger partial charge on any atom is 1.00 e. The van der Waals surface area contributed by atoms with Gasteiger partial charge < -0.3 is 14.5 Å². The molecule has 0 saturated carbocycles. The fraction of sp³-hybridized carbons (Fsp3) is 0.500. The zero-order valence-corrected chi connectivity index (χ0v) is 7.94. The zero-order chi connectivity index (χ0) is 10.5. The maximum atomic E-state index is 10.6. The van der Waals surface area contributed by atoms with E-state index in [4.69, 9.17) is 9.79 Å². The first kappa shape index (κ1) is 12.3. The number of esters is 1. The third kappa shape index (κ3) is 7.67. The number of carbonyl (C=O) groups excluding carboxylic acids is 1. The van der Waals surface area contributed by atoms with Crippen LogP contribution in [0.3, 0.4) is 0 Å². The maximum absolute atomic E-state index is 10.6. The van der Waals surface area contributed by atoms with Gasteiger partial charge in [-0.3, -0.25) is 4.52 Å². The van der Waals surface area contributed by atoms with Gasteiger partial charge in [0.25, 0.3) is 0 Å². The molecule has 0 aromatic carbocycles. The van der Waals surface area contributed by atoms with Gasteiger partial charge in [-0.2, -0.15) is 0 Å². The van der Waals surface area contributed by atoms with Crippen LogP contribution in [-0.4, -0.2) is 28.5 Å². The third-order valence-corrected chi connectivity index (χ3v) is 1.45. The molecular formula is C6H12O6P+. The lowest BCUT2D eigenvalue weighted by Crippen LogP contribution is -2.18. The van der Waals surface area contributed by atoms with Crippen LogP contribution >= 0.6 is 7.82 Å². The van der Waals surface area contributed by atoms with E-state index in [-0.39, 0.29) is 8.03 Å². The zero-order valence-electron chi connectivity index (χ0n) is 8.04. The lowest BCUT2D eigenvalue weighted by atomic mass is 10.4. The molecule has 0 spiro atoms. The summed E-state index contributed by atoms with van der Waals surface area (Å²) in [5.74, 6) is -0.665. The molecule has 0 aliphatic heterocycles. The summed E-state index contributed by atoms with van der Waals surface area (Å²) in [5.41, 5.74) is 0. The van der Waals surface area contributed by atoms with E-state index in [1.165, 1.54) is 6.92 Å². The second-order valence-corrected chi connectivity index (χ2v) is 3.48.